The van der Waals surface area contributed by atoms with Crippen molar-refractivity contribution in [2.75, 3.05) is 12.8 Å². The molecular weight excluding hydrogens is 282 g/mol. The van der Waals surface area contributed by atoms with Crippen LogP contribution in [0.15, 0.2) is 29.2 Å². The molecule has 106 valence electrons. The van der Waals surface area contributed by atoms with Gasteiger partial charge in [-0.15, -0.1) is 0 Å². The van der Waals surface area contributed by atoms with Crippen molar-refractivity contribution < 1.29 is 13.5 Å². The molecule has 1 aromatic rings. The lowest BCUT2D eigenvalue weighted by molar-refractivity contribution is 0.457. The van der Waals surface area contributed by atoms with Gasteiger partial charge in [0.2, 0.25) is 10.0 Å². The number of nitrogens with one attached hydrogen (secondary N) is 1. The molecule has 1 saturated carbocycles. The Bertz CT molecular complexity index is 537. The first-order valence-corrected chi connectivity index (χ1v) is 9.03. The Hall–Kier alpha value is -0.720. The first-order valence-electron chi connectivity index (χ1n) is 6.32. The third kappa shape index (κ3) is 3.24. The van der Waals surface area contributed by atoms with Gasteiger partial charge in [-0.05, 0) is 31.2 Å². The molecule has 2 N–H and O–H groups in total. The highest BCUT2D eigenvalue weighted by Gasteiger charge is 2.34. The van der Waals surface area contributed by atoms with E-state index in [1.165, 1.54) is 12.1 Å². The molecule has 0 heterocycles. The molecular formula is C13H19NO3S2. The summed E-state index contributed by atoms with van der Waals surface area (Å²) in [6.45, 7) is 0.421. The van der Waals surface area contributed by atoms with Crippen molar-refractivity contribution in [3.63, 3.8) is 0 Å². The van der Waals surface area contributed by atoms with Gasteiger partial charge in [0.15, 0.2) is 0 Å². The fourth-order valence-electron chi connectivity index (χ4n) is 2.46. The number of rotatable bonds is 5. The second kappa shape index (κ2) is 5.73. The molecule has 4 nitrogen and oxygen atoms in total. The first-order chi connectivity index (χ1) is 8.99. The third-order valence-electron chi connectivity index (χ3n) is 3.69. The summed E-state index contributed by atoms with van der Waals surface area (Å²) in [6, 6.07) is 6.01. The maximum atomic E-state index is 12.2. The first kappa shape index (κ1) is 14.7. The number of para-hydroxylation sites is 1. The van der Waals surface area contributed by atoms with Crippen LogP contribution < -0.4 is 4.72 Å². The van der Waals surface area contributed by atoms with Gasteiger partial charge in [0.25, 0.3) is 0 Å². The summed E-state index contributed by atoms with van der Waals surface area (Å²) in [5, 5.41) is 9.64. The number of benzene rings is 1. The summed E-state index contributed by atoms with van der Waals surface area (Å²) >= 11 is 1.73. The van der Waals surface area contributed by atoms with Crippen LogP contribution in [0.1, 0.15) is 25.7 Å². The molecule has 0 unspecified atom stereocenters. The molecule has 1 aliphatic carbocycles. The van der Waals surface area contributed by atoms with E-state index < -0.39 is 10.0 Å². The number of thioether (sulfide) groups is 1. The number of aromatic hydroxyl groups is 1. The molecule has 0 aliphatic heterocycles. The Labute approximate surface area is 118 Å². The van der Waals surface area contributed by atoms with Crippen molar-refractivity contribution in [2.45, 2.75) is 35.3 Å². The third-order valence-corrected chi connectivity index (χ3v) is 6.55. The van der Waals surface area contributed by atoms with E-state index in [0.717, 1.165) is 25.7 Å². The molecule has 1 aromatic carbocycles. The number of sulfonamides is 1. The van der Waals surface area contributed by atoms with Crippen molar-refractivity contribution in [2.24, 2.45) is 0 Å². The highest BCUT2D eigenvalue weighted by Crippen LogP contribution is 2.39. The van der Waals surface area contributed by atoms with Crippen LogP contribution in [-0.2, 0) is 10.0 Å². The van der Waals surface area contributed by atoms with E-state index in [9.17, 15) is 13.5 Å². The van der Waals surface area contributed by atoms with Gasteiger partial charge < -0.3 is 5.11 Å². The largest absolute Gasteiger partial charge is 0.507 e. The standard InChI is InChI=1S/C13H19NO3S2/c1-18-13(8-4-5-9-13)10-14-19(16,17)12-7-3-2-6-11(12)15/h2-3,6-7,14-15H,4-5,8-10H2,1H3. The van der Waals surface area contributed by atoms with E-state index in [0.29, 0.717) is 6.54 Å². The van der Waals surface area contributed by atoms with Gasteiger partial charge in [0.05, 0.1) is 0 Å². The lowest BCUT2D eigenvalue weighted by Crippen LogP contribution is -2.38. The second-order valence-electron chi connectivity index (χ2n) is 4.89. The molecule has 0 atom stereocenters. The van der Waals surface area contributed by atoms with E-state index in [-0.39, 0.29) is 15.4 Å². The molecule has 1 fully saturated rings. The summed E-state index contributed by atoms with van der Waals surface area (Å²) in [7, 11) is -3.64. The van der Waals surface area contributed by atoms with Crippen LogP contribution in [0.4, 0.5) is 0 Å². The van der Waals surface area contributed by atoms with Crippen LogP contribution in [-0.4, -0.2) is 31.1 Å². The van der Waals surface area contributed by atoms with Crippen LogP contribution >= 0.6 is 11.8 Å². The van der Waals surface area contributed by atoms with E-state index in [4.69, 9.17) is 0 Å². The Morgan fingerprint density at radius 1 is 1.32 bits per heavy atom. The molecule has 0 spiro atoms. The zero-order chi connectivity index (χ0) is 13.9. The Balaban J connectivity index is 2.12. The zero-order valence-corrected chi connectivity index (χ0v) is 12.6. The fraction of sp³-hybridized carbons (Fsp3) is 0.538. The van der Waals surface area contributed by atoms with Gasteiger partial charge in [-0.25, -0.2) is 13.1 Å². The monoisotopic (exact) mass is 301 g/mol. The van der Waals surface area contributed by atoms with Gasteiger partial charge in [-0.3, -0.25) is 0 Å². The van der Waals surface area contributed by atoms with Gasteiger partial charge >= 0.3 is 0 Å². The minimum absolute atomic E-state index is 0.0114. The van der Waals surface area contributed by atoms with Crippen molar-refractivity contribution >= 4 is 21.8 Å². The summed E-state index contributed by atoms with van der Waals surface area (Å²) in [4.78, 5) is -0.0516. The molecule has 0 radical (unpaired) electrons. The molecule has 6 heteroatoms. The SMILES string of the molecule is CSC1(CNS(=O)(=O)c2ccccc2O)CCCC1. The summed E-state index contributed by atoms with van der Waals surface area (Å²) in [5.74, 6) is -0.209. The highest BCUT2D eigenvalue weighted by molar-refractivity contribution is 8.00. The molecule has 19 heavy (non-hydrogen) atoms. The number of phenolic OH excluding ortho intramolecular Hbond substituents is 1. The summed E-state index contributed by atoms with van der Waals surface area (Å²) < 4.78 is 27.0. The fourth-order valence-corrected chi connectivity index (χ4v) is 4.69. The Kier molecular flexibility index (Phi) is 4.43. The van der Waals surface area contributed by atoms with Gasteiger partial charge in [0, 0.05) is 11.3 Å². The van der Waals surface area contributed by atoms with Crippen LogP contribution in [0.25, 0.3) is 0 Å². The topological polar surface area (TPSA) is 66.4 Å². The number of hydrogen-bond donors (Lipinski definition) is 2. The highest BCUT2D eigenvalue weighted by atomic mass is 32.2. The van der Waals surface area contributed by atoms with E-state index >= 15 is 0 Å². The summed E-state index contributed by atoms with van der Waals surface area (Å²) in [5.41, 5.74) is 0. The van der Waals surface area contributed by atoms with Crippen LogP contribution in [0.3, 0.4) is 0 Å². The molecule has 0 amide bonds. The molecule has 0 saturated heterocycles. The van der Waals surface area contributed by atoms with Crippen LogP contribution in [0.2, 0.25) is 0 Å². The average Bonchev–Trinajstić information content (AvgIpc) is 2.86. The predicted molar refractivity (Wildman–Crippen MR) is 78.0 cm³/mol. The van der Waals surface area contributed by atoms with Crippen LogP contribution in [0, 0.1) is 0 Å². The van der Waals surface area contributed by atoms with E-state index in [1.807, 2.05) is 6.26 Å². The molecule has 0 aromatic heterocycles. The quantitative estimate of drug-likeness (QED) is 0.876. The predicted octanol–water partition coefficient (Wildman–Crippen LogP) is 2.35. The maximum absolute atomic E-state index is 12.2. The van der Waals surface area contributed by atoms with Gasteiger partial charge in [-0.1, -0.05) is 25.0 Å². The lowest BCUT2D eigenvalue weighted by Gasteiger charge is -2.26. The van der Waals surface area contributed by atoms with Gasteiger partial charge in [0.1, 0.15) is 10.6 Å². The zero-order valence-electron chi connectivity index (χ0n) is 10.9. The maximum Gasteiger partial charge on any atom is 0.244 e. The number of phenols is 1. The van der Waals surface area contributed by atoms with Crippen molar-refractivity contribution in [3.05, 3.63) is 24.3 Å². The molecule has 0 bridgehead atoms. The Morgan fingerprint density at radius 3 is 2.53 bits per heavy atom. The van der Waals surface area contributed by atoms with Crippen molar-refractivity contribution in [3.8, 4) is 5.75 Å². The lowest BCUT2D eigenvalue weighted by atomic mass is 10.1. The average molecular weight is 301 g/mol. The summed E-state index contributed by atoms with van der Waals surface area (Å²) in [6.07, 6.45) is 6.41. The van der Waals surface area contributed by atoms with Gasteiger partial charge in [-0.2, -0.15) is 11.8 Å². The van der Waals surface area contributed by atoms with Crippen molar-refractivity contribution in [1.29, 1.82) is 0 Å². The molecule has 2 rings (SSSR count). The Morgan fingerprint density at radius 2 is 1.95 bits per heavy atom. The minimum Gasteiger partial charge on any atom is -0.507 e. The van der Waals surface area contributed by atoms with Crippen LogP contribution in [0.5, 0.6) is 5.75 Å². The normalized spacial score (nSPS) is 18.6. The minimum atomic E-state index is -3.64. The second-order valence-corrected chi connectivity index (χ2v) is 7.90. The van der Waals surface area contributed by atoms with E-state index in [1.54, 1.807) is 23.9 Å². The smallest absolute Gasteiger partial charge is 0.244 e. The molecule has 1 aliphatic rings. The van der Waals surface area contributed by atoms with Crippen molar-refractivity contribution in [1.82, 2.24) is 4.72 Å². The van der Waals surface area contributed by atoms with E-state index in [2.05, 4.69) is 4.72 Å². The number of hydrogen-bond acceptors (Lipinski definition) is 4.